The molecule has 2 heterocycles. The minimum absolute atomic E-state index is 0.346. The largest absolute Gasteiger partial charge is 0.493 e. The molecule has 0 atom stereocenters. The molecular formula is C13H12N2O2S. The van der Waals surface area contributed by atoms with Crippen LogP contribution in [0.3, 0.4) is 0 Å². The van der Waals surface area contributed by atoms with Gasteiger partial charge < -0.3 is 10.5 Å². The van der Waals surface area contributed by atoms with Crippen LogP contribution in [0.4, 0.5) is 0 Å². The number of carbonyl (C=O) groups is 1. The van der Waals surface area contributed by atoms with Crippen LogP contribution in [-0.2, 0) is 6.42 Å². The summed E-state index contributed by atoms with van der Waals surface area (Å²) in [6.45, 7) is 0.787. The number of primary amides is 1. The van der Waals surface area contributed by atoms with Crippen molar-refractivity contribution < 1.29 is 9.53 Å². The average Bonchev–Trinajstić information content (AvgIpc) is 2.88. The predicted molar refractivity (Wildman–Crippen MR) is 69.9 cm³/mol. The highest BCUT2D eigenvalue weighted by molar-refractivity contribution is 7.12. The topological polar surface area (TPSA) is 65.2 Å². The monoisotopic (exact) mass is 260 g/mol. The molecule has 0 unspecified atom stereocenters. The van der Waals surface area contributed by atoms with E-state index in [1.165, 1.54) is 16.9 Å². The van der Waals surface area contributed by atoms with E-state index in [2.05, 4.69) is 11.1 Å². The number of fused-ring (bicyclic) bond motifs is 1. The van der Waals surface area contributed by atoms with Gasteiger partial charge in [-0.3, -0.25) is 4.79 Å². The van der Waals surface area contributed by atoms with Crippen molar-refractivity contribution >= 4 is 17.2 Å². The number of carbonyl (C=O) groups excluding carboxylic acids is 1. The lowest BCUT2D eigenvalue weighted by atomic mass is 10.0. The molecule has 0 saturated heterocycles. The number of nitrogens with zero attached hydrogens (tertiary/aromatic N) is 1. The summed E-state index contributed by atoms with van der Waals surface area (Å²) >= 11 is 1.27. The van der Waals surface area contributed by atoms with Crippen LogP contribution in [0.2, 0.25) is 0 Å². The zero-order chi connectivity index (χ0) is 12.5. The number of rotatable bonds is 2. The van der Waals surface area contributed by atoms with Gasteiger partial charge in [0.05, 0.1) is 12.3 Å². The molecule has 5 heteroatoms. The summed E-state index contributed by atoms with van der Waals surface area (Å²) in [5.74, 6) is 0.475. The maximum Gasteiger partial charge on any atom is 0.277 e. The van der Waals surface area contributed by atoms with E-state index in [1.807, 2.05) is 17.5 Å². The fraction of sp³-hybridized carbons (Fsp3) is 0.231. The van der Waals surface area contributed by atoms with E-state index in [4.69, 9.17) is 10.5 Å². The molecule has 1 aromatic carbocycles. The highest BCUT2D eigenvalue weighted by Crippen LogP contribution is 2.30. The Bertz CT molecular complexity index is 607. The van der Waals surface area contributed by atoms with Gasteiger partial charge in [0.2, 0.25) is 0 Å². The summed E-state index contributed by atoms with van der Waals surface area (Å²) in [6.07, 6.45) is 2.07. The molecule has 18 heavy (non-hydrogen) atoms. The van der Waals surface area contributed by atoms with Crippen molar-refractivity contribution in [3.05, 3.63) is 34.2 Å². The fourth-order valence-electron chi connectivity index (χ4n) is 2.04. The number of amides is 1. The summed E-state index contributed by atoms with van der Waals surface area (Å²) in [6, 6.07) is 6.01. The highest BCUT2D eigenvalue weighted by atomic mass is 32.1. The van der Waals surface area contributed by atoms with Crippen molar-refractivity contribution in [2.75, 3.05) is 6.61 Å². The highest BCUT2D eigenvalue weighted by Gasteiger charge is 2.13. The number of hydrogen-bond acceptors (Lipinski definition) is 4. The summed E-state index contributed by atoms with van der Waals surface area (Å²) in [5, 5.41) is 2.20. The van der Waals surface area contributed by atoms with Crippen molar-refractivity contribution in [1.29, 1.82) is 0 Å². The zero-order valence-electron chi connectivity index (χ0n) is 9.68. The molecule has 0 bridgehead atoms. The third-order valence-electron chi connectivity index (χ3n) is 2.92. The quantitative estimate of drug-likeness (QED) is 0.900. The summed E-state index contributed by atoms with van der Waals surface area (Å²) in [4.78, 5) is 15.3. The van der Waals surface area contributed by atoms with Gasteiger partial charge in [-0.1, -0.05) is 0 Å². The van der Waals surface area contributed by atoms with E-state index >= 15 is 0 Å². The number of hydrogen-bond donors (Lipinski definition) is 1. The number of aryl methyl sites for hydroxylation is 1. The van der Waals surface area contributed by atoms with Gasteiger partial charge in [-0.05, 0) is 36.6 Å². The molecule has 1 aromatic heterocycles. The fourth-order valence-corrected chi connectivity index (χ4v) is 2.72. The second kappa shape index (κ2) is 4.42. The summed E-state index contributed by atoms with van der Waals surface area (Å²) in [7, 11) is 0. The third-order valence-corrected chi connectivity index (χ3v) is 3.78. The van der Waals surface area contributed by atoms with Crippen molar-refractivity contribution in [3.8, 4) is 17.0 Å². The first-order chi connectivity index (χ1) is 8.74. The first-order valence-corrected chi connectivity index (χ1v) is 6.63. The smallest absolute Gasteiger partial charge is 0.277 e. The number of thiazole rings is 1. The molecular weight excluding hydrogens is 248 g/mol. The van der Waals surface area contributed by atoms with Crippen molar-refractivity contribution in [3.63, 3.8) is 0 Å². The number of ether oxygens (including phenoxy) is 1. The first kappa shape index (κ1) is 11.2. The van der Waals surface area contributed by atoms with E-state index < -0.39 is 5.91 Å². The zero-order valence-corrected chi connectivity index (χ0v) is 10.5. The summed E-state index contributed by atoms with van der Waals surface area (Å²) < 4.78 is 5.57. The Kier molecular flexibility index (Phi) is 2.76. The lowest BCUT2D eigenvalue weighted by molar-refractivity contribution is 0.1000. The molecule has 2 N–H and O–H groups in total. The second-order valence-electron chi connectivity index (χ2n) is 4.18. The molecule has 1 aliphatic rings. The van der Waals surface area contributed by atoms with Crippen LogP contribution in [0.15, 0.2) is 23.6 Å². The molecule has 3 rings (SSSR count). The van der Waals surface area contributed by atoms with Gasteiger partial charge in [0.25, 0.3) is 5.91 Å². The minimum atomic E-state index is -0.479. The Morgan fingerprint density at radius 2 is 2.33 bits per heavy atom. The SMILES string of the molecule is NC(=O)c1nc(-c2ccc3c(c2)CCCO3)cs1. The normalized spacial score (nSPS) is 13.8. The Hall–Kier alpha value is -1.88. The van der Waals surface area contributed by atoms with Crippen LogP contribution in [0.25, 0.3) is 11.3 Å². The molecule has 92 valence electrons. The average molecular weight is 260 g/mol. The van der Waals surface area contributed by atoms with Crippen LogP contribution in [0.1, 0.15) is 21.8 Å². The van der Waals surface area contributed by atoms with Crippen LogP contribution in [-0.4, -0.2) is 17.5 Å². The van der Waals surface area contributed by atoms with Gasteiger partial charge in [0.15, 0.2) is 5.01 Å². The van der Waals surface area contributed by atoms with E-state index in [0.29, 0.717) is 5.01 Å². The van der Waals surface area contributed by atoms with Crippen LogP contribution in [0, 0.1) is 0 Å². The first-order valence-electron chi connectivity index (χ1n) is 5.75. The summed E-state index contributed by atoms with van der Waals surface area (Å²) in [5.41, 5.74) is 8.20. The van der Waals surface area contributed by atoms with Gasteiger partial charge in [-0.2, -0.15) is 0 Å². The van der Waals surface area contributed by atoms with E-state index in [-0.39, 0.29) is 0 Å². The Labute approximate surface area is 108 Å². The predicted octanol–water partition coefficient (Wildman–Crippen LogP) is 2.23. The second-order valence-corrected chi connectivity index (χ2v) is 5.03. The number of aromatic nitrogens is 1. The van der Waals surface area contributed by atoms with Gasteiger partial charge in [-0.15, -0.1) is 11.3 Å². The van der Waals surface area contributed by atoms with Gasteiger partial charge in [0, 0.05) is 10.9 Å². The maximum atomic E-state index is 11.0. The van der Waals surface area contributed by atoms with Crippen molar-refractivity contribution in [2.24, 2.45) is 5.73 Å². The standard InChI is InChI=1S/C13H12N2O2S/c14-12(16)13-15-10(7-18-13)8-3-4-11-9(6-8)2-1-5-17-11/h3-4,6-7H,1-2,5H2,(H2,14,16). The molecule has 0 fully saturated rings. The Morgan fingerprint density at radius 3 is 3.11 bits per heavy atom. The van der Waals surface area contributed by atoms with Crippen molar-refractivity contribution in [2.45, 2.75) is 12.8 Å². The van der Waals surface area contributed by atoms with E-state index in [0.717, 1.165) is 36.5 Å². The molecule has 0 aliphatic carbocycles. The molecule has 0 spiro atoms. The lowest BCUT2D eigenvalue weighted by Crippen LogP contribution is -2.10. The van der Waals surface area contributed by atoms with Crippen molar-refractivity contribution in [1.82, 2.24) is 4.98 Å². The number of benzene rings is 1. The molecule has 0 saturated carbocycles. The molecule has 1 aliphatic heterocycles. The lowest BCUT2D eigenvalue weighted by Gasteiger charge is -2.17. The van der Waals surface area contributed by atoms with Crippen LogP contribution >= 0.6 is 11.3 Å². The maximum absolute atomic E-state index is 11.0. The van der Waals surface area contributed by atoms with E-state index in [1.54, 1.807) is 0 Å². The molecule has 2 aromatic rings. The molecule has 4 nitrogen and oxygen atoms in total. The minimum Gasteiger partial charge on any atom is -0.493 e. The number of nitrogens with two attached hydrogens (primary N) is 1. The Balaban J connectivity index is 1.98. The van der Waals surface area contributed by atoms with Gasteiger partial charge in [-0.25, -0.2) is 4.98 Å². The van der Waals surface area contributed by atoms with Crippen LogP contribution < -0.4 is 10.5 Å². The van der Waals surface area contributed by atoms with Crippen LogP contribution in [0.5, 0.6) is 5.75 Å². The van der Waals surface area contributed by atoms with Gasteiger partial charge >= 0.3 is 0 Å². The van der Waals surface area contributed by atoms with E-state index in [9.17, 15) is 4.79 Å². The molecule has 1 amide bonds. The Morgan fingerprint density at radius 1 is 1.44 bits per heavy atom. The van der Waals surface area contributed by atoms with Gasteiger partial charge in [0.1, 0.15) is 5.75 Å². The third kappa shape index (κ3) is 1.97. The molecule has 0 radical (unpaired) electrons.